The lowest BCUT2D eigenvalue weighted by Crippen LogP contribution is -2.50. The van der Waals surface area contributed by atoms with Crippen molar-refractivity contribution in [1.82, 2.24) is 5.32 Å². The quantitative estimate of drug-likeness (QED) is 0.496. The number of carbonyl (C=O) groups is 3. The summed E-state index contributed by atoms with van der Waals surface area (Å²) in [6, 6.07) is -2.53. The summed E-state index contributed by atoms with van der Waals surface area (Å²) in [4.78, 5) is 32.8. The summed E-state index contributed by atoms with van der Waals surface area (Å²) < 4.78 is 0. The van der Waals surface area contributed by atoms with E-state index < -0.39 is 35.0 Å². The van der Waals surface area contributed by atoms with E-state index in [1.165, 1.54) is 0 Å². The molecule has 0 aromatic rings. The minimum atomic E-state index is -1.62. The third-order valence-corrected chi connectivity index (χ3v) is 2.42. The van der Waals surface area contributed by atoms with Gasteiger partial charge >= 0.3 is 11.9 Å². The fourth-order valence-corrected chi connectivity index (χ4v) is 1.23. The standard InChI is InChI=1S/C10H15ClN2O5/c1-4(2)7(12)9(16)13-8(10(17)18)5(11)3-6(14)15/h3-4,7-8H,12H2,1-2H3,(H,13,16)(H,14,15)(H,17,18)/b5-3-/t7-,8-/m0/s1. The number of aliphatic carboxylic acids is 2. The Morgan fingerprint density at radius 2 is 1.78 bits per heavy atom. The van der Waals surface area contributed by atoms with Gasteiger partial charge in [-0.2, -0.15) is 0 Å². The highest BCUT2D eigenvalue weighted by Crippen LogP contribution is 2.09. The molecule has 1 amide bonds. The van der Waals surface area contributed by atoms with E-state index in [2.05, 4.69) is 5.32 Å². The van der Waals surface area contributed by atoms with Crippen LogP contribution in [0.15, 0.2) is 11.1 Å². The topological polar surface area (TPSA) is 130 Å². The summed E-state index contributed by atoms with van der Waals surface area (Å²) in [5.41, 5.74) is 5.53. The zero-order chi connectivity index (χ0) is 14.5. The largest absolute Gasteiger partial charge is 0.479 e. The molecular weight excluding hydrogens is 264 g/mol. The summed E-state index contributed by atoms with van der Waals surface area (Å²) in [5.74, 6) is -3.79. The Balaban J connectivity index is 4.91. The molecule has 0 bridgehead atoms. The number of hydrogen-bond donors (Lipinski definition) is 4. The van der Waals surface area contributed by atoms with Crippen molar-refractivity contribution in [2.75, 3.05) is 0 Å². The second kappa shape index (κ2) is 6.97. The highest BCUT2D eigenvalue weighted by molar-refractivity contribution is 6.33. The maximum Gasteiger partial charge on any atom is 0.331 e. The molecule has 0 saturated heterocycles. The first-order valence-corrected chi connectivity index (χ1v) is 5.43. The summed E-state index contributed by atoms with van der Waals surface area (Å²) in [7, 11) is 0. The molecule has 5 N–H and O–H groups in total. The van der Waals surface area contributed by atoms with Crippen LogP contribution in [-0.2, 0) is 14.4 Å². The number of carboxylic acid groups (broad SMARTS) is 2. The number of hydrogen-bond acceptors (Lipinski definition) is 4. The molecule has 0 unspecified atom stereocenters. The predicted molar refractivity (Wildman–Crippen MR) is 64.0 cm³/mol. The maximum atomic E-state index is 11.6. The third-order valence-electron chi connectivity index (χ3n) is 2.09. The number of nitrogens with one attached hydrogen (secondary N) is 1. The van der Waals surface area contributed by atoms with Gasteiger partial charge in [-0.25, -0.2) is 9.59 Å². The van der Waals surface area contributed by atoms with Crippen molar-refractivity contribution < 1.29 is 24.6 Å². The first-order chi connectivity index (χ1) is 8.16. The maximum absolute atomic E-state index is 11.6. The van der Waals surface area contributed by atoms with Crippen LogP contribution in [0.25, 0.3) is 0 Å². The van der Waals surface area contributed by atoms with Crippen molar-refractivity contribution in [3.05, 3.63) is 11.1 Å². The lowest BCUT2D eigenvalue weighted by Gasteiger charge is -2.19. The van der Waals surface area contributed by atoms with E-state index in [0.29, 0.717) is 6.08 Å². The molecule has 0 aliphatic carbocycles. The smallest absolute Gasteiger partial charge is 0.331 e. The van der Waals surface area contributed by atoms with Gasteiger partial charge in [0.2, 0.25) is 5.91 Å². The molecule has 0 aromatic heterocycles. The van der Waals surface area contributed by atoms with Gasteiger partial charge in [0, 0.05) is 6.08 Å². The predicted octanol–water partition coefficient (Wildman–Crippen LogP) is -0.254. The Hall–Kier alpha value is -1.60. The number of rotatable bonds is 6. The van der Waals surface area contributed by atoms with Gasteiger partial charge in [-0.05, 0) is 5.92 Å². The van der Waals surface area contributed by atoms with Crippen LogP contribution in [0.1, 0.15) is 13.8 Å². The van der Waals surface area contributed by atoms with Crippen molar-refractivity contribution in [2.24, 2.45) is 11.7 Å². The summed E-state index contributed by atoms with van der Waals surface area (Å²) in [5, 5.41) is 18.9. The van der Waals surface area contributed by atoms with E-state index in [1.54, 1.807) is 13.8 Å². The molecule has 2 atom stereocenters. The van der Waals surface area contributed by atoms with Gasteiger partial charge < -0.3 is 21.3 Å². The highest BCUT2D eigenvalue weighted by Gasteiger charge is 2.27. The van der Waals surface area contributed by atoms with Crippen molar-refractivity contribution in [3.63, 3.8) is 0 Å². The fourth-order valence-electron chi connectivity index (χ4n) is 0.991. The minimum Gasteiger partial charge on any atom is -0.479 e. The van der Waals surface area contributed by atoms with Crippen LogP contribution in [-0.4, -0.2) is 40.1 Å². The monoisotopic (exact) mass is 278 g/mol. The van der Waals surface area contributed by atoms with Crippen LogP contribution in [0.4, 0.5) is 0 Å². The van der Waals surface area contributed by atoms with Crippen molar-refractivity contribution >= 4 is 29.4 Å². The number of halogens is 1. The van der Waals surface area contributed by atoms with E-state index in [4.69, 9.17) is 27.5 Å². The molecule has 18 heavy (non-hydrogen) atoms. The molecule has 0 fully saturated rings. The van der Waals surface area contributed by atoms with Crippen LogP contribution in [0.5, 0.6) is 0 Å². The molecule has 8 heteroatoms. The van der Waals surface area contributed by atoms with Crippen LogP contribution >= 0.6 is 11.6 Å². The Kier molecular flexibility index (Phi) is 6.35. The van der Waals surface area contributed by atoms with E-state index in [0.717, 1.165) is 0 Å². The van der Waals surface area contributed by atoms with Crippen LogP contribution in [0.2, 0.25) is 0 Å². The summed E-state index contributed by atoms with van der Waals surface area (Å²) in [6.07, 6.45) is 0.502. The normalized spacial score (nSPS) is 15.1. The van der Waals surface area contributed by atoms with E-state index in [-0.39, 0.29) is 5.92 Å². The zero-order valence-electron chi connectivity index (χ0n) is 9.88. The molecule has 0 saturated carbocycles. The van der Waals surface area contributed by atoms with Gasteiger partial charge in [0.05, 0.1) is 11.1 Å². The first kappa shape index (κ1) is 16.4. The second-order valence-electron chi connectivity index (χ2n) is 3.92. The molecule has 102 valence electrons. The molecule has 0 rings (SSSR count). The number of nitrogens with two attached hydrogens (primary N) is 1. The SMILES string of the molecule is CC(C)[C@H](N)C(=O)N[C@H](C(=O)O)/C(Cl)=C/C(=O)O. The van der Waals surface area contributed by atoms with Gasteiger partial charge in [0.15, 0.2) is 6.04 Å². The Bertz CT molecular complexity index is 380. The Labute approximate surface area is 109 Å². The van der Waals surface area contributed by atoms with E-state index in [9.17, 15) is 14.4 Å². The summed E-state index contributed by atoms with van der Waals surface area (Å²) in [6.45, 7) is 3.38. The second-order valence-corrected chi connectivity index (χ2v) is 4.35. The third kappa shape index (κ3) is 5.15. The van der Waals surface area contributed by atoms with Gasteiger partial charge in [-0.15, -0.1) is 0 Å². The Morgan fingerprint density at radius 1 is 1.28 bits per heavy atom. The van der Waals surface area contributed by atoms with Gasteiger partial charge in [-0.1, -0.05) is 25.4 Å². The average Bonchev–Trinajstić information content (AvgIpc) is 2.22. The molecule has 0 aliphatic rings. The van der Waals surface area contributed by atoms with Crippen LogP contribution in [0.3, 0.4) is 0 Å². The van der Waals surface area contributed by atoms with Gasteiger partial charge in [-0.3, -0.25) is 4.79 Å². The molecule has 7 nitrogen and oxygen atoms in total. The average molecular weight is 279 g/mol. The lowest BCUT2D eigenvalue weighted by atomic mass is 10.0. The number of carbonyl (C=O) groups excluding carboxylic acids is 1. The summed E-state index contributed by atoms with van der Waals surface area (Å²) >= 11 is 5.51. The molecule has 0 aromatic carbocycles. The fraction of sp³-hybridized carbons (Fsp3) is 0.500. The van der Waals surface area contributed by atoms with Crippen molar-refractivity contribution in [2.45, 2.75) is 25.9 Å². The molecule has 0 heterocycles. The van der Waals surface area contributed by atoms with E-state index in [1.807, 2.05) is 0 Å². The minimum absolute atomic E-state index is 0.193. The van der Waals surface area contributed by atoms with Crippen LogP contribution < -0.4 is 11.1 Å². The Morgan fingerprint density at radius 3 is 2.11 bits per heavy atom. The number of carboxylic acids is 2. The lowest BCUT2D eigenvalue weighted by molar-refractivity contribution is -0.140. The first-order valence-electron chi connectivity index (χ1n) is 5.05. The van der Waals surface area contributed by atoms with Gasteiger partial charge in [0.25, 0.3) is 0 Å². The highest BCUT2D eigenvalue weighted by atomic mass is 35.5. The van der Waals surface area contributed by atoms with Crippen LogP contribution in [0, 0.1) is 5.92 Å². The zero-order valence-corrected chi connectivity index (χ0v) is 10.6. The van der Waals surface area contributed by atoms with Crippen molar-refractivity contribution in [1.29, 1.82) is 0 Å². The molecule has 0 radical (unpaired) electrons. The molecular formula is C10H15ClN2O5. The van der Waals surface area contributed by atoms with E-state index >= 15 is 0 Å². The van der Waals surface area contributed by atoms with Gasteiger partial charge in [0.1, 0.15) is 0 Å². The molecule has 0 aliphatic heterocycles. The molecule has 0 spiro atoms. The van der Waals surface area contributed by atoms with Crippen molar-refractivity contribution in [3.8, 4) is 0 Å². The number of amides is 1.